The number of nitrogens with one attached hydrogen (secondary N) is 1. The molecule has 1 N–H and O–H groups in total. The van der Waals surface area contributed by atoms with Gasteiger partial charge >= 0.3 is 0 Å². The molecule has 0 aromatic rings. The van der Waals surface area contributed by atoms with Gasteiger partial charge in [-0.1, -0.05) is 36.7 Å². The second-order valence-corrected chi connectivity index (χ2v) is 4.12. The zero-order valence-corrected chi connectivity index (χ0v) is 8.94. The molecule has 0 radical (unpaired) electrons. The lowest BCUT2D eigenvalue weighted by Gasteiger charge is -2.09. The van der Waals surface area contributed by atoms with Crippen LogP contribution in [-0.2, 0) is 4.79 Å². The number of hydrogen-bond acceptors (Lipinski definition) is 1. The van der Waals surface area contributed by atoms with Gasteiger partial charge < -0.3 is 5.32 Å². The lowest BCUT2D eigenvalue weighted by atomic mass is 10.2. The Labute approximate surface area is 76.9 Å². The van der Waals surface area contributed by atoms with Gasteiger partial charge in [0.2, 0.25) is 5.91 Å². The molecule has 1 atom stereocenters. The minimum absolute atomic E-state index is 0.0266. The fourth-order valence-electron chi connectivity index (χ4n) is 0.601. The van der Waals surface area contributed by atoms with E-state index in [1.54, 1.807) is 0 Å². The highest BCUT2D eigenvalue weighted by atomic mass is 79.9. The SMILES string of the molecule is CCC(Br)C(=O)NCC(C)C. The van der Waals surface area contributed by atoms with Crippen molar-refractivity contribution in [1.82, 2.24) is 5.32 Å². The van der Waals surface area contributed by atoms with Gasteiger partial charge in [-0.25, -0.2) is 0 Å². The van der Waals surface area contributed by atoms with Crippen molar-refractivity contribution in [3.05, 3.63) is 0 Å². The van der Waals surface area contributed by atoms with E-state index in [0.717, 1.165) is 13.0 Å². The predicted octanol–water partition coefficient (Wildman–Crippen LogP) is 1.93. The monoisotopic (exact) mass is 221 g/mol. The van der Waals surface area contributed by atoms with Crippen LogP contribution in [0.3, 0.4) is 0 Å². The summed E-state index contributed by atoms with van der Waals surface area (Å²) in [6, 6.07) is 0. The van der Waals surface area contributed by atoms with E-state index in [1.807, 2.05) is 6.92 Å². The van der Waals surface area contributed by atoms with Gasteiger partial charge in [0.1, 0.15) is 0 Å². The van der Waals surface area contributed by atoms with Crippen LogP contribution in [0.15, 0.2) is 0 Å². The van der Waals surface area contributed by atoms with Gasteiger partial charge in [0.15, 0.2) is 0 Å². The first-order chi connectivity index (χ1) is 5.07. The zero-order chi connectivity index (χ0) is 8.85. The molecule has 0 aliphatic rings. The molecule has 0 heterocycles. The summed E-state index contributed by atoms with van der Waals surface area (Å²) in [4.78, 5) is 11.1. The van der Waals surface area contributed by atoms with Crippen LogP contribution in [-0.4, -0.2) is 17.3 Å². The molecule has 1 unspecified atom stereocenters. The molecule has 1 amide bonds. The summed E-state index contributed by atoms with van der Waals surface area (Å²) in [5, 5.41) is 2.85. The van der Waals surface area contributed by atoms with Gasteiger partial charge in [-0.15, -0.1) is 0 Å². The Bertz CT molecular complexity index is 125. The molecular weight excluding hydrogens is 206 g/mol. The summed E-state index contributed by atoms with van der Waals surface area (Å²) in [5.41, 5.74) is 0. The average molecular weight is 222 g/mol. The normalized spacial score (nSPS) is 13.2. The van der Waals surface area contributed by atoms with Crippen LogP contribution in [0.1, 0.15) is 27.2 Å². The average Bonchev–Trinajstić information content (AvgIpc) is 1.98. The highest BCUT2D eigenvalue weighted by Crippen LogP contribution is 2.03. The first-order valence-electron chi connectivity index (χ1n) is 3.99. The molecule has 0 fully saturated rings. The molecule has 0 saturated heterocycles. The van der Waals surface area contributed by atoms with Crippen molar-refractivity contribution in [3.63, 3.8) is 0 Å². The topological polar surface area (TPSA) is 29.1 Å². The zero-order valence-electron chi connectivity index (χ0n) is 7.36. The summed E-state index contributed by atoms with van der Waals surface area (Å²) >= 11 is 3.28. The van der Waals surface area contributed by atoms with E-state index < -0.39 is 0 Å². The van der Waals surface area contributed by atoms with Gasteiger partial charge in [-0.2, -0.15) is 0 Å². The van der Waals surface area contributed by atoms with Gasteiger partial charge in [-0.3, -0.25) is 4.79 Å². The Balaban J connectivity index is 3.52. The lowest BCUT2D eigenvalue weighted by Crippen LogP contribution is -2.33. The molecule has 0 rings (SSSR count). The first kappa shape index (κ1) is 11.0. The Kier molecular flexibility index (Phi) is 5.56. The number of carbonyl (C=O) groups is 1. The Morgan fingerprint density at radius 2 is 2.09 bits per heavy atom. The van der Waals surface area contributed by atoms with Crippen molar-refractivity contribution in [2.24, 2.45) is 5.92 Å². The molecule has 0 aliphatic carbocycles. The van der Waals surface area contributed by atoms with Crippen LogP contribution >= 0.6 is 15.9 Å². The van der Waals surface area contributed by atoms with E-state index >= 15 is 0 Å². The molecule has 0 aromatic heterocycles. The Hall–Kier alpha value is -0.0500. The quantitative estimate of drug-likeness (QED) is 0.723. The van der Waals surface area contributed by atoms with E-state index in [2.05, 4.69) is 35.1 Å². The van der Waals surface area contributed by atoms with Crippen LogP contribution in [0.2, 0.25) is 0 Å². The molecule has 0 aliphatic heterocycles. The van der Waals surface area contributed by atoms with Crippen molar-refractivity contribution in [3.8, 4) is 0 Å². The highest BCUT2D eigenvalue weighted by molar-refractivity contribution is 9.10. The number of rotatable bonds is 4. The van der Waals surface area contributed by atoms with Crippen molar-refractivity contribution < 1.29 is 4.79 Å². The maximum atomic E-state index is 11.1. The highest BCUT2D eigenvalue weighted by Gasteiger charge is 2.11. The number of amides is 1. The van der Waals surface area contributed by atoms with E-state index in [1.165, 1.54) is 0 Å². The summed E-state index contributed by atoms with van der Waals surface area (Å²) in [7, 11) is 0. The van der Waals surface area contributed by atoms with Crippen LogP contribution in [0.25, 0.3) is 0 Å². The molecule has 3 heteroatoms. The van der Waals surface area contributed by atoms with Gasteiger partial charge in [0.25, 0.3) is 0 Å². The standard InChI is InChI=1S/C8H16BrNO/c1-4-7(9)8(11)10-5-6(2)3/h6-7H,4-5H2,1-3H3,(H,10,11). The molecule has 0 bridgehead atoms. The van der Waals surface area contributed by atoms with Gasteiger partial charge in [0, 0.05) is 6.54 Å². The van der Waals surface area contributed by atoms with E-state index in [4.69, 9.17) is 0 Å². The second kappa shape index (κ2) is 5.58. The van der Waals surface area contributed by atoms with Crippen molar-refractivity contribution in [2.45, 2.75) is 32.0 Å². The van der Waals surface area contributed by atoms with E-state index in [0.29, 0.717) is 5.92 Å². The number of carbonyl (C=O) groups excluding carboxylic acids is 1. The summed E-state index contributed by atoms with van der Waals surface area (Å²) in [5.74, 6) is 0.622. The molecule has 0 saturated carbocycles. The molecule has 0 aromatic carbocycles. The van der Waals surface area contributed by atoms with Gasteiger partial charge in [-0.05, 0) is 12.3 Å². The largest absolute Gasteiger partial charge is 0.355 e. The number of alkyl halides is 1. The molecule has 11 heavy (non-hydrogen) atoms. The maximum Gasteiger partial charge on any atom is 0.233 e. The Morgan fingerprint density at radius 3 is 2.45 bits per heavy atom. The number of halogens is 1. The predicted molar refractivity (Wildman–Crippen MR) is 50.9 cm³/mol. The fraction of sp³-hybridized carbons (Fsp3) is 0.875. The van der Waals surface area contributed by atoms with Crippen LogP contribution in [0.4, 0.5) is 0 Å². The third-order valence-corrected chi connectivity index (χ3v) is 2.39. The number of hydrogen-bond donors (Lipinski definition) is 1. The summed E-state index contributed by atoms with van der Waals surface area (Å²) < 4.78 is 0. The molecule has 0 spiro atoms. The van der Waals surface area contributed by atoms with E-state index in [9.17, 15) is 4.79 Å². The van der Waals surface area contributed by atoms with Crippen molar-refractivity contribution >= 4 is 21.8 Å². The van der Waals surface area contributed by atoms with Crippen molar-refractivity contribution in [1.29, 1.82) is 0 Å². The third kappa shape index (κ3) is 5.24. The molecule has 66 valence electrons. The van der Waals surface area contributed by atoms with Crippen LogP contribution in [0.5, 0.6) is 0 Å². The second-order valence-electron chi connectivity index (χ2n) is 3.01. The lowest BCUT2D eigenvalue weighted by molar-refractivity contribution is -0.120. The van der Waals surface area contributed by atoms with Gasteiger partial charge in [0.05, 0.1) is 4.83 Å². The fourth-order valence-corrected chi connectivity index (χ4v) is 0.763. The Morgan fingerprint density at radius 1 is 1.55 bits per heavy atom. The maximum absolute atomic E-state index is 11.1. The minimum atomic E-state index is -0.0266. The third-order valence-electron chi connectivity index (χ3n) is 1.33. The van der Waals surface area contributed by atoms with Crippen LogP contribution in [0, 0.1) is 5.92 Å². The summed E-state index contributed by atoms with van der Waals surface area (Å²) in [6.45, 7) is 6.90. The van der Waals surface area contributed by atoms with E-state index in [-0.39, 0.29) is 10.7 Å². The molecular formula is C8H16BrNO. The smallest absolute Gasteiger partial charge is 0.233 e. The minimum Gasteiger partial charge on any atom is -0.355 e. The summed E-state index contributed by atoms with van der Waals surface area (Å²) in [6.07, 6.45) is 0.837. The molecule has 2 nitrogen and oxygen atoms in total. The first-order valence-corrected chi connectivity index (χ1v) is 4.91. The van der Waals surface area contributed by atoms with Crippen LogP contribution < -0.4 is 5.32 Å². The van der Waals surface area contributed by atoms with Crippen molar-refractivity contribution in [2.75, 3.05) is 6.54 Å².